The van der Waals surface area contributed by atoms with Crippen LogP contribution in [0.1, 0.15) is 5.56 Å². The fourth-order valence-electron chi connectivity index (χ4n) is 1.81. The van der Waals surface area contributed by atoms with Crippen LogP contribution in [0.5, 0.6) is 0 Å². The number of anilines is 1. The molecule has 0 aliphatic rings. The molecule has 0 bridgehead atoms. The summed E-state index contributed by atoms with van der Waals surface area (Å²) >= 11 is 0. The third-order valence-corrected chi connectivity index (χ3v) is 4.42. The Morgan fingerprint density at radius 2 is 1.85 bits per heavy atom. The van der Waals surface area contributed by atoms with E-state index in [2.05, 4.69) is 10.3 Å². The maximum atomic E-state index is 12.1. The number of nitrogens with one attached hydrogen (secondary N) is 2. The van der Waals surface area contributed by atoms with Gasteiger partial charge in [-0.15, -0.1) is 0 Å². The van der Waals surface area contributed by atoms with Gasteiger partial charge in [0, 0.05) is 24.2 Å². The quantitative estimate of drug-likeness (QED) is 0.748. The van der Waals surface area contributed by atoms with Crippen LogP contribution in [0.15, 0.2) is 59.8 Å². The summed E-state index contributed by atoms with van der Waals surface area (Å²) in [5, 5.41) is 2.51. The van der Waals surface area contributed by atoms with Gasteiger partial charge < -0.3 is 5.32 Å². The lowest BCUT2D eigenvalue weighted by molar-refractivity contribution is -0.121. The molecule has 138 valence electrons. The van der Waals surface area contributed by atoms with Crippen LogP contribution in [0.2, 0.25) is 0 Å². The Hall–Kier alpha value is -2.72. The maximum absolute atomic E-state index is 12.1. The van der Waals surface area contributed by atoms with E-state index >= 15 is 0 Å². The van der Waals surface area contributed by atoms with Gasteiger partial charge in [-0.3, -0.25) is 9.78 Å². The van der Waals surface area contributed by atoms with E-state index in [0.29, 0.717) is 5.69 Å². The van der Waals surface area contributed by atoms with Crippen molar-refractivity contribution < 1.29 is 26.4 Å². The third-order valence-electron chi connectivity index (χ3n) is 3.01. The molecule has 26 heavy (non-hydrogen) atoms. The van der Waals surface area contributed by atoms with Gasteiger partial charge >= 0.3 is 6.18 Å². The number of aromatic nitrogens is 1. The Bertz CT molecular complexity index is 880. The molecule has 0 unspecified atom stereocenters. The molecule has 0 saturated heterocycles. The first-order valence-corrected chi connectivity index (χ1v) is 8.70. The van der Waals surface area contributed by atoms with Gasteiger partial charge in [0.1, 0.15) is 6.54 Å². The second kappa shape index (κ2) is 8.11. The zero-order valence-corrected chi connectivity index (χ0v) is 14.0. The number of pyridine rings is 1. The average molecular weight is 385 g/mol. The monoisotopic (exact) mass is 385 g/mol. The van der Waals surface area contributed by atoms with Gasteiger partial charge in [0.05, 0.1) is 4.90 Å². The predicted octanol–water partition coefficient (Wildman–Crippen LogP) is 2.57. The fourth-order valence-corrected chi connectivity index (χ4v) is 2.82. The van der Waals surface area contributed by atoms with E-state index in [0.717, 1.165) is 17.7 Å². The van der Waals surface area contributed by atoms with Gasteiger partial charge in [0.15, 0.2) is 0 Å². The molecule has 0 spiro atoms. The van der Waals surface area contributed by atoms with Crippen molar-refractivity contribution in [2.24, 2.45) is 0 Å². The molecule has 2 rings (SSSR count). The molecule has 0 saturated carbocycles. The molecule has 2 aromatic rings. The molecule has 0 fully saturated rings. The van der Waals surface area contributed by atoms with Crippen LogP contribution in [0.4, 0.5) is 18.9 Å². The summed E-state index contributed by atoms with van der Waals surface area (Å²) < 4.78 is 61.3. The molecule has 10 heteroatoms. The van der Waals surface area contributed by atoms with E-state index in [-0.39, 0.29) is 4.90 Å². The molecule has 0 aliphatic heterocycles. The van der Waals surface area contributed by atoms with E-state index in [4.69, 9.17) is 0 Å². The number of nitrogens with zero attached hydrogens (tertiary/aromatic N) is 1. The largest absolute Gasteiger partial charge is 0.402 e. The molecule has 1 heterocycles. The minimum Gasteiger partial charge on any atom is -0.323 e. The van der Waals surface area contributed by atoms with Crippen molar-refractivity contribution in [3.8, 4) is 0 Å². The Morgan fingerprint density at radius 1 is 1.15 bits per heavy atom. The van der Waals surface area contributed by atoms with E-state index in [1.54, 1.807) is 30.6 Å². The minimum absolute atomic E-state index is 0.292. The molecule has 2 N–H and O–H groups in total. The third kappa shape index (κ3) is 6.30. The van der Waals surface area contributed by atoms with Crippen molar-refractivity contribution in [3.63, 3.8) is 0 Å². The zero-order chi connectivity index (χ0) is 19.2. The van der Waals surface area contributed by atoms with Gasteiger partial charge in [-0.2, -0.15) is 13.2 Å². The minimum atomic E-state index is -4.65. The lowest BCUT2D eigenvalue weighted by Crippen LogP contribution is -2.33. The number of amides is 1. The van der Waals surface area contributed by atoms with Crippen molar-refractivity contribution in [3.05, 3.63) is 60.4 Å². The highest BCUT2D eigenvalue weighted by Crippen LogP contribution is 2.17. The highest BCUT2D eigenvalue weighted by atomic mass is 32.2. The molecule has 1 amide bonds. The predicted molar refractivity (Wildman–Crippen MR) is 89.6 cm³/mol. The van der Waals surface area contributed by atoms with Crippen molar-refractivity contribution in [1.82, 2.24) is 9.71 Å². The first-order chi connectivity index (χ1) is 12.2. The van der Waals surface area contributed by atoms with Crippen LogP contribution in [0.25, 0.3) is 6.08 Å². The number of carbonyl (C=O) groups excluding carboxylic acids is 1. The van der Waals surface area contributed by atoms with Crippen molar-refractivity contribution in [2.45, 2.75) is 11.1 Å². The molecule has 1 aromatic carbocycles. The Balaban J connectivity index is 1.98. The van der Waals surface area contributed by atoms with Gasteiger partial charge in [0.25, 0.3) is 0 Å². The average Bonchev–Trinajstić information content (AvgIpc) is 2.59. The lowest BCUT2D eigenvalue weighted by Gasteiger charge is -2.10. The van der Waals surface area contributed by atoms with Crippen LogP contribution in [-0.2, 0) is 14.8 Å². The van der Waals surface area contributed by atoms with Gasteiger partial charge in [0.2, 0.25) is 15.9 Å². The van der Waals surface area contributed by atoms with Crippen LogP contribution >= 0.6 is 0 Å². The van der Waals surface area contributed by atoms with E-state index in [9.17, 15) is 26.4 Å². The smallest absolute Gasteiger partial charge is 0.323 e. The first-order valence-electron chi connectivity index (χ1n) is 7.21. The van der Waals surface area contributed by atoms with Gasteiger partial charge in [-0.25, -0.2) is 13.1 Å². The highest BCUT2D eigenvalue weighted by molar-refractivity contribution is 7.89. The highest BCUT2D eigenvalue weighted by Gasteiger charge is 2.29. The van der Waals surface area contributed by atoms with Crippen molar-refractivity contribution in [2.75, 3.05) is 11.9 Å². The van der Waals surface area contributed by atoms with Crippen molar-refractivity contribution >= 4 is 27.7 Å². The Labute approximate surface area is 147 Å². The number of rotatable bonds is 6. The second-order valence-corrected chi connectivity index (χ2v) is 6.84. The summed E-state index contributed by atoms with van der Waals surface area (Å²) in [6, 6.07) is 8.21. The molecule has 1 aromatic heterocycles. The van der Waals surface area contributed by atoms with Gasteiger partial charge in [-0.05, 0) is 42.0 Å². The van der Waals surface area contributed by atoms with Gasteiger partial charge in [-0.1, -0.05) is 6.07 Å². The topological polar surface area (TPSA) is 88.2 Å². The van der Waals surface area contributed by atoms with E-state index < -0.39 is 28.7 Å². The standard InChI is InChI=1S/C16H14F3N3O3S/c17-16(18,19)11-21-26(24,25)14-6-4-13(5-7-14)22-15(23)8-3-12-2-1-9-20-10-12/h1-10,21H,11H2,(H,22,23)/b8-3+. The van der Waals surface area contributed by atoms with Crippen LogP contribution < -0.4 is 10.0 Å². The Morgan fingerprint density at radius 3 is 2.42 bits per heavy atom. The number of hydrogen-bond acceptors (Lipinski definition) is 4. The normalized spacial score (nSPS) is 12.3. The summed E-state index contributed by atoms with van der Waals surface area (Å²) in [5.74, 6) is -0.459. The number of alkyl halides is 3. The van der Waals surface area contributed by atoms with Crippen LogP contribution in [-0.4, -0.2) is 32.0 Å². The maximum Gasteiger partial charge on any atom is 0.402 e. The molecule has 0 aliphatic carbocycles. The Kier molecular flexibility index (Phi) is 6.11. The summed E-state index contributed by atoms with van der Waals surface area (Å²) in [4.78, 5) is 15.4. The van der Waals surface area contributed by atoms with E-state index in [1.165, 1.54) is 22.9 Å². The summed E-state index contributed by atoms with van der Waals surface area (Å²) in [5.41, 5.74) is 1.01. The summed E-state index contributed by atoms with van der Waals surface area (Å²) in [6.45, 7) is -1.66. The zero-order valence-electron chi connectivity index (χ0n) is 13.2. The first kappa shape index (κ1) is 19.6. The molecule has 0 radical (unpaired) electrons. The molecule has 0 atom stereocenters. The number of halogens is 3. The van der Waals surface area contributed by atoms with E-state index in [1.807, 2.05) is 0 Å². The number of sulfonamides is 1. The number of carbonyl (C=O) groups is 1. The van der Waals surface area contributed by atoms with Crippen molar-refractivity contribution in [1.29, 1.82) is 0 Å². The second-order valence-electron chi connectivity index (χ2n) is 5.07. The number of benzene rings is 1. The molecule has 6 nitrogen and oxygen atoms in total. The summed E-state index contributed by atoms with van der Waals surface area (Å²) in [6.07, 6.45) is 1.32. The summed E-state index contributed by atoms with van der Waals surface area (Å²) in [7, 11) is -4.29. The SMILES string of the molecule is O=C(/C=C/c1cccnc1)Nc1ccc(S(=O)(=O)NCC(F)(F)F)cc1. The van der Waals surface area contributed by atoms with Crippen LogP contribution in [0.3, 0.4) is 0 Å². The molecular weight excluding hydrogens is 371 g/mol. The van der Waals surface area contributed by atoms with Crippen LogP contribution in [0, 0.1) is 0 Å². The molecular formula is C16H14F3N3O3S. The fraction of sp³-hybridized carbons (Fsp3) is 0.125. The lowest BCUT2D eigenvalue weighted by atomic mass is 10.2. The number of hydrogen-bond donors (Lipinski definition) is 2.